The first kappa shape index (κ1) is 16.6. The minimum atomic E-state index is -4.46. The van der Waals surface area contributed by atoms with Gasteiger partial charge in [0.05, 0.1) is 6.61 Å². The fourth-order valence-electron chi connectivity index (χ4n) is 1.01. The predicted octanol–water partition coefficient (Wildman–Crippen LogP) is -0.0928. The predicted molar refractivity (Wildman–Crippen MR) is 52.8 cm³/mol. The van der Waals surface area contributed by atoms with Gasteiger partial charge in [0.1, 0.15) is 12.6 Å². The van der Waals surface area contributed by atoms with Crippen LogP contribution in [-0.4, -0.2) is 54.1 Å². The van der Waals surface area contributed by atoms with Crippen molar-refractivity contribution in [3.63, 3.8) is 0 Å². The van der Waals surface area contributed by atoms with Gasteiger partial charge in [0.15, 0.2) is 0 Å². The lowest BCUT2D eigenvalue weighted by Gasteiger charge is -2.13. The van der Waals surface area contributed by atoms with Crippen LogP contribution < -0.4 is 5.32 Å². The highest BCUT2D eigenvalue weighted by atomic mass is 19.4. The van der Waals surface area contributed by atoms with E-state index in [0.29, 0.717) is 0 Å². The van der Waals surface area contributed by atoms with Crippen LogP contribution in [0.4, 0.5) is 13.2 Å². The molecule has 0 rings (SSSR count). The Labute approximate surface area is 101 Å². The first-order valence-corrected chi connectivity index (χ1v) is 5.04. The number of aliphatic hydroxyl groups is 1. The summed E-state index contributed by atoms with van der Waals surface area (Å²) >= 11 is 0. The zero-order chi connectivity index (χ0) is 14.2. The molecule has 1 atom stereocenters. The molecule has 0 fully saturated rings. The molecule has 0 radical (unpaired) electrons. The highest BCUT2D eigenvalue weighted by Crippen LogP contribution is 2.14. The van der Waals surface area contributed by atoms with Gasteiger partial charge in [-0.3, -0.25) is 4.79 Å². The van der Waals surface area contributed by atoms with Crippen molar-refractivity contribution in [3.05, 3.63) is 0 Å². The average molecular weight is 273 g/mol. The Morgan fingerprint density at radius 3 is 2.39 bits per heavy atom. The van der Waals surface area contributed by atoms with Crippen molar-refractivity contribution in [1.82, 2.24) is 5.32 Å². The molecular weight excluding hydrogens is 259 g/mol. The number of aliphatic carboxylic acids is 1. The number of hydrogen-bond donors (Lipinski definition) is 3. The van der Waals surface area contributed by atoms with Gasteiger partial charge in [0, 0.05) is 19.4 Å². The summed E-state index contributed by atoms with van der Waals surface area (Å²) in [5.41, 5.74) is 0. The summed E-state index contributed by atoms with van der Waals surface area (Å²) in [6.07, 6.45) is -5.02. The number of aliphatic hydroxyl groups excluding tert-OH is 1. The van der Waals surface area contributed by atoms with Crippen LogP contribution in [0.25, 0.3) is 0 Å². The molecule has 0 aliphatic carbocycles. The maximum Gasteiger partial charge on any atom is 0.411 e. The van der Waals surface area contributed by atoms with Gasteiger partial charge in [0.25, 0.3) is 0 Å². The number of carboxylic acid groups (broad SMARTS) is 1. The van der Waals surface area contributed by atoms with Crippen LogP contribution in [-0.2, 0) is 14.3 Å². The minimum Gasteiger partial charge on any atom is -0.480 e. The largest absolute Gasteiger partial charge is 0.480 e. The maximum absolute atomic E-state index is 11.7. The zero-order valence-electron chi connectivity index (χ0n) is 9.37. The fraction of sp³-hybridized carbons (Fsp3) is 0.778. The first-order chi connectivity index (χ1) is 8.26. The van der Waals surface area contributed by atoms with E-state index in [1.807, 2.05) is 0 Å². The molecule has 0 heterocycles. The van der Waals surface area contributed by atoms with Gasteiger partial charge in [-0.15, -0.1) is 0 Å². The minimum absolute atomic E-state index is 0.176. The van der Waals surface area contributed by atoms with E-state index in [1.165, 1.54) is 0 Å². The van der Waals surface area contributed by atoms with E-state index >= 15 is 0 Å². The highest BCUT2D eigenvalue weighted by molar-refractivity contribution is 5.83. The lowest BCUT2D eigenvalue weighted by atomic mass is 10.2. The number of carbonyl (C=O) groups is 2. The molecule has 1 amide bonds. The van der Waals surface area contributed by atoms with Crippen LogP contribution in [0.15, 0.2) is 0 Å². The second-order valence-electron chi connectivity index (χ2n) is 3.39. The van der Waals surface area contributed by atoms with E-state index < -0.39 is 43.9 Å². The summed E-state index contributed by atoms with van der Waals surface area (Å²) in [6.45, 7) is -2.35. The van der Waals surface area contributed by atoms with E-state index in [9.17, 15) is 22.8 Å². The summed E-state index contributed by atoms with van der Waals surface area (Å²) in [7, 11) is 0. The zero-order valence-corrected chi connectivity index (χ0v) is 9.37. The van der Waals surface area contributed by atoms with Gasteiger partial charge in [-0.2, -0.15) is 13.2 Å². The van der Waals surface area contributed by atoms with Crippen molar-refractivity contribution in [2.75, 3.05) is 19.8 Å². The molecular formula is C9H14F3NO5. The van der Waals surface area contributed by atoms with Crippen LogP contribution in [0, 0.1) is 0 Å². The van der Waals surface area contributed by atoms with Gasteiger partial charge in [-0.1, -0.05) is 0 Å². The topological polar surface area (TPSA) is 95.9 Å². The van der Waals surface area contributed by atoms with Crippen molar-refractivity contribution in [2.24, 2.45) is 0 Å². The Morgan fingerprint density at radius 2 is 1.94 bits per heavy atom. The molecule has 0 aromatic carbocycles. The van der Waals surface area contributed by atoms with Crippen LogP contribution in [0.3, 0.4) is 0 Å². The molecule has 3 N–H and O–H groups in total. The van der Waals surface area contributed by atoms with E-state index in [0.717, 1.165) is 0 Å². The van der Waals surface area contributed by atoms with Crippen molar-refractivity contribution in [2.45, 2.75) is 25.1 Å². The Bertz CT molecular complexity index is 282. The molecule has 0 saturated carbocycles. The average Bonchev–Trinajstić information content (AvgIpc) is 2.22. The fourth-order valence-corrected chi connectivity index (χ4v) is 1.01. The van der Waals surface area contributed by atoms with Crippen LogP contribution in [0.2, 0.25) is 0 Å². The second-order valence-corrected chi connectivity index (χ2v) is 3.39. The standard InChI is InChI=1S/C9H14F3NO5/c10-9(11,12)5-18-4-2-7(15)13-6(1-3-14)8(16)17/h6,14H,1-5H2,(H,13,15)(H,16,17)/t6-/m1/s1. The number of carboxylic acids is 1. The Kier molecular flexibility index (Phi) is 7.29. The number of rotatable bonds is 8. The number of ether oxygens (including phenoxy) is 1. The molecule has 9 heteroatoms. The Hall–Kier alpha value is -1.35. The Balaban J connectivity index is 3.85. The lowest BCUT2D eigenvalue weighted by Crippen LogP contribution is -2.41. The lowest BCUT2D eigenvalue weighted by molar-refractivity contribution is -0.174. The number of carbonyl (C=O) groups excluding carboxylic acids is 1. The number of halogens is 3. The number of nitrogens with one attached hydrogen (secondary N) is 1. The van der Waals surface area contributed by atoms with Crippen LogP contribution >= 0.6 is 0 Å². The molecule has 0 aliphatic rings. The smallest absolute Gasteiger partial charge is 0.411 e. The summed E-state index contributed by atoms with van der Waals surface area (Å²) < 4.78 is 39.2. The van der Waals surface area contributed by atoms with Crippen molar-refractivity contribution < 1.29 is 37.7 Å². The van der Waals surface area contributed by atoms with E-state index in [-0.39, 0.29) is 12.8 Å². The maximum atomic E-state index is 11.7. The highest BCUT2D eigenvalue weighted by Gasteiger charge is 2.27. The molecule has 0 aliphatic heterocycles. The SMILES string of the molecule is O=C(CCOCC(F)(F)F)N[C@H](CCO)C(=O)O. The number of alkyl halides is 3. The molecule has 0 spiro atoms. The van der Waals surface area contributed by atoms with Crippen LogP contribution in [0.5, 0.6) is 0 Å². The van der Waals surface area contributed by atoms with Crippen molar-refractivity contribution in [1.29, 1.82) is 0 Å². The number of amides is 1. The molecule has 0 bridgehead atoms. The molecule has 106 valence electrons. The van der Waals surface area contributed by atoms with E-state index in [1.54, 1.807) is 0 Å². The monoisotopic (exact) mass is 273 g/mol. The molecule has 18 heavy (non-hydrogen) atoms. The summed E-state index contributed by atoms with van der Waals surface area (Å²) in [5, 5.41) is 19.2. The van der Waals surface area contributed by atoms with Crippen LogP contribution in [0.1, 0.15) is 12.8 Å². The molecule has 0 aromatic rings. The van der Waals surface area contributed by atoms with E-state index in [4.69, 9.17) is 10.2 Å². The van der Waals surface area contributed by atoms with Gasteiger partial charge in [-0.05, 0) is 0 Å². The second kappa shape index (κ2) is 7.88. The third-order valence-electron chi connectivity index (χ3n) is 1.79. The van der Waals surface area contributed by atoms with Gasteiger partial charge in [-0.25, -0.2) is 4.79 Å². The normalized spacial score (nSPS) is 13.1. The Morgan fingerprint density at radius 1 is 1.33 bits per heavy atom. The van der Waals surface area contributed by atoms with Crippen molar-refractivity contribution >= 4 is 11.9 Å². The summed E-state index contributed by atoms with van der Waals surface area (Å²) in [6, 6.07) is -1.26. The van der Waals surface area contributed by atoms with E-state index in [2.05, 4.69) is 10.1 Å². The summed E-state index contributed by atoms with van der Waals surface area (Å²) in [4.78, 5) is 21.7. The summed E-state index contributed by atoms with van der Waals surface area (Å²) in [5.74, 6) is -2.08. The van der Waals surface area contributed by atoms with Gasteiger partial charge in [0.2, 0.25) is 5.91 Å². The third-order valence-corrected chi connectivity index (χ3v) is 1.79. The number of hydrogen-bond acceptors (Lipinski definition) is 4. The molecule has 6 nitrogen and oxygen atoms in total. The first-order valence-electron chi connectivity index (χ1n) is 5.04. The molecule has 0 unspecified atom stereocenters. The van der Waals surface area contributed by atoms with Gasteiger partial charge < -0.3 is 20.3 Å². The molecule has 0 aromatic heterocycles. The third kappa shape index (κ3) is 8.76. The quantitative estimate of drug-likeness (QED) is 0.537. The molecule has 0 saturated heterocycles. The van der Waals surface area contributed by atoms with Crippen molar-refractivity contribution in [3.8, 4) is 0 Å². The van der Waals surface area contributed by atoms with Gasteiger partial charge >= 0.3 is 12.1 Å².